The highest BCUT2D eigenvalue weighted by molar-refractivity contribution is 9.10. The van der Waals surface area contributed by atoms with Gasteiger partial charge in [-0.3, -0.25) is 4.79 Å². The van der Waals surface area contributed by atoms with Crippen molar-refractivity contribution >= 4 is 27.5 Å². The zero-order valence-corrected chi connectivity index (χ0v) is 10.5. The van der Waals surface area contributed by atoms with Crippen LogP contribution in [-0.2, 0) is 6.54 Å². The second-order valence-corrected chi connectivity index (χ2v) is 4.28. The van der Waals surface area contributed by atoms with E-state index in [4.69, 9.17) is 10.2 Å². The summed E-state index contributed by atoms with van der Waals surface area (Å²) in [5, 5.41) is 3.17. The van der Waals surface area contributed by atoms with Crippen LogP contribution in [0.2, 0.25) is 0 Å². The number of primary amides is 1. The van der Waals surface area contributed by atoms with Gasteiger partial charge in [0.15, 0.2) is 4.67 Å². The maximum atomic E-state index is 10.9. The Morgan fingerprint density at radius 3 is 2.47 bits per heavy atom. The van der Waals surface area contributed by atoms with Gasteiger partial charge in [-0.05, 0) is 52.3 Å². The molecule has 0 fully saturated rings. The van der Waals surface area contributed by atoms with Gasteiger partial charge < -0.3 is 15.5 Å². The Balaban J connectivity index is 1.97. The summed E-state index contributed by atoms with van der Waals surface area (Å²) in [6.45, 7) is 0.585. The van der Waals surface area contributed by atoms with Crippen LogP contribution in [-0.4, -0.2) is 5.91 Å². The van der Waals surface area contributed by atoms with Gasteiger partial charge in [-0.1, -0.05) is 0 Å². The summed E-state index contributed by atoms with van der Waals surface area (Å²) in [6.07, 6.45) is 0. The highest BCUT2D eigenvalue weighted by Crippen LogP contribution is 2.16. The van der Waals surface area contributed by atoms with E-state index in [1.165, 1.54) is 0 Å². The SMILES string of the molecule is NC(=O)c1ccc(NCc2ccc(Br)o2)cc1. The molecule has 0 saturated carbocycles. The highest BCUT2D eigenvalue weighted by Gasteiger charge is 2.01. The van der Waals surface area contributed by atoms with Gasteiger partial charge in [-0.25, -0.2) is 0 Å². The second kappa shape index (κ2) is 5.05. The standard InChI is InChI=1S/C12H11BrN2O2/c13-11-6-5-10(17-11)7-15-9-3-1-8(2-4-9)12(14)16/h1-6,15H,7H2,(H2,14,16). The number of hydrogen-bond donors (Lipinski definition) is 2. The van der Waals surface area contributed by atoms with E-state index in [0.29, 0.717) is 16.8 Å². The lowest BCUT2D eigenvalue weighted by Gasteiger charge is -2.04. The number of nitrogens with one attached hydrogen (secondary N) is 1. The number of carbonyl (C=O) groups excluding carboxylic acids is 1. The second-order valence-electron chi connectivity index (χ2n) is 3.50. The number of furan rings is 1. The fourth-order valence-corrected chi connectivity index (χ4v) is 1.73. The molecule has 5 heteroatoms. The summed E-state index contributed by atoms with van der Waals surface area (Å²) in [6, 6.07) is 10.7. The van der Waals surface area contributed by atoms with Crippen LogP contribution in [0, 0.1) is 0 Å². The average Bonchev–Trinajstić information content (AvgIpc) is 2.73. The Morgan fingerprint density at radius 1 is 1.24 bits per heavy atom. The molecule has 2 aromatic rings. The zero-order chi connectivity index (χ0) is 12.3. The van der Waals surface area contributed by atoms with Crippen LogP contribution in [0.3, 0.4) is 0 Å². The molecule has 0 radical (unpaired) electrons. The zero-order valence-electron chi connectivity index (χ0n) is 8.94. The molecular formula is C12H11BrN2O2. The van der Waals surface area contributed by atoms with Gasteiger partial charge in [0.05, 0.1) is 6.54 Å². The lowest BCUT2D eigenvalue weighted by Crippen LogP contribution is -2.10. The van der Waals surface area contributed by atoms with Crippen molar-refractivity contribution in [1.82, 2.24) is 0 Å². The van der Waals surface area contributed by atoms with Gasteiger partial charge in [0, 0.05) is 11.3 Å². The first-order valence-corrected chi connectivity index (χ1v) is 5.82. The summed E-state index contributed by atoms with van der Waals surface area (Å²) >= 11 is 3.24. The van der Waals surface area contributed by atoms with E-state index in [-0.39, 0.29) is 0 Å². The molecule has 0 atom stereocenters. The number of amides is 1. The Labute approximate surface area is 107 Å². The number of carbonyl (C=O) groups is 1. The predicted octanol–water partition coefficient (Wildman–Crippen LogP) is 2.75. The predicted molar refractivity (Wildman–Crippen MR) is 68.7 cm³/mol. The van der Waals surface area contributed by atoms with Gasteiger partial charge in [-0.15, -0.1) is 0 Å². The van der Waals surface area contributed by atoms with Crippen LogP contribution in [0.5, 0.6) is 0 Å². The molecule has 88 valence electrons. The van der Waals surface area contributed by atoms with Gasteiger partial charge >= 0.3 is 0 Å². The third kappa shape index (κ3) is 3.10. The van der Waals surface area contributed by atoms with Crippen LogP contribution < -0.4 is 11.1 Å². The molecule has 0 bridgehead atoms. The van der Waals surface area contributed by atoms with Crippen LogP contribution in [0.15, 0.2) is 45.5 Å². The first-order chi connectivity index (χ1) is 8.15. The summed E-state index contributed by atoms with van der Waals surface area (Å²) < 4.78 is 6.05. The van der Waals surface area contributed by atoms with E-state index in [9.17, 15) is 4.79 Å². The molecule has 0 spiro atoms. The number of hydrogen-bond acceptors (Lipinski definition) is 3. The topological polar surface area (TPSA) is 68.3 Å². The molecule has 1 heterocycles. The Hall–Kier alpha value is -1.75. The molecule has 1 aromatic carbocycles. The van der Waals surface area contributed by atoms with Crippen molar-refractivity contribution in [2.75, 3.05) is 5.32 Å². The number of halogens is 1. The number of benzene rings is 1. The lowest BCUT2D eigenvalue weighted by molar-refractivity contribution is 0.100. The van der Waals surface area contributed by atoms with Crippen molar-refractivity contribution in [2.45, 2.75) is 6.54 Å². The van der Waals surface area contributed by atoms with E-state index < -0.39 is 5.91 Å². The lowest BCUT2D eigenvalue weighted by atomic mass is 10.2. The molecule has 1 aromatic heterocycles. The fourth-order valence-electron chi connectivity index (χ4n) is 1.39. The minimum absolute atomic E-state index is 0.425. The normalized spacial score (nSPS) is 10.2. The summed E-state index contributed by atoms with van der Waals surface area (Å²) in [5.41, 5.74) is 6.55. The Kier molecular flexibility index (Phi) is 3.49. The fraction of sp³-hybridized carbons (Fsp3) is 0.0833. The monoisotopic (exact) mass is 294 g/mol. The molecule has 0 unspecified atom stereocenters. The van der Waals surface area contributed by atoms with Crippen LogP contribution in [0.4, 0.5) is 5.69 Å². The smallest absolute Gasteiger partial charge is 0.248 e. The van der Waals surface area contributed by atoms with Crippen molar-refractivity contribution in [3.63, 3.8) is 0 Å². The van der Waals surface area contributed by atoms with Crippen LogP contribution in [0.25, 0.3) is 0 Å². The van der Waals surface area contributed by atoms with Crippen LogP contribution in [0.1, 0.15) is 16.1 Å². The van der Waals surface area contributed by atoms with E-state index in [1.54, 1.807) is 24.3 Å². The molecule has 3 N–H and O–H groups in total. The third-order valence-electron chi connectivity index (χ3n) is 2.27. The summed E-state index contributed by atoms with van der Waals surface area (Å²) in [7, 11) is 0. The first kappa shape index (κ1) is 11.7. The maximum Gasteiger partial charge on any atom is 0.248 e. The quantitative estimate of drug-likeness (QED) is 0.911. The minimum atomic E-state index is -0.425. The number of anilines is 1. The third-order valence-corrected chi connectivity index (χ3v) is 2.69. The van der Waals surface area contributed by atoms with E-state index in [0.717, 1.165) is 11.4 Å². The van der Waals surface area contributed by atoms with Gasteiger partial charge in [-0.2, -0.15) is 0 Å². The summed E-state index contributed by atoms with van der Waals surface area (Å²) in [5.74, 6) is 0.405. The van der Waals surface area contributed by atoms with E-state index in [1.807, 2.05) is 12.1 Å². The van der Waals surface area contributed by atoms with Crippen molar-refractivity contribution in [1.29, 1.82) is 0 Å². The summed E-state index contributed by atoms with van der Waals surface area (Å²) in [4.78, 5) is 10.9. The molecule has 2 rings (SSSR count). The van der Waals surface area contributed by atoms with Crippen molar-refractivity contribution in [2.24, 2.45) is 5.73 Å². The molecule has 1 amide bonds. The molecule has 0 saturated heterocycles. The van der Waals surface area contributed by atoms with Crippen molar-refractivity contribution in [3.8, 4) is 0 Å². The van der Waals surface area contributed by atoms with Gasteiger partial charge in [0.25, 0.3) is 0 Å². The van der Waals surface area contributed by atoms with E-state index in [2.05, 4.69) is 21.2 Å². The average molecular weight is 295 g/mol. The molecule has 0 aliphatic rings. The number of rotatable bonds is 4. The van der Waals surface area contributed by atoms with Crippen molar-refractivity contribution < 1.29 is 9.21 Å². The molecule has 0 aliphatic carbocycles. The molecule has 0 aliphatic heterocycles. The van der Waals surface area contributed by atoms with Crippen molar-refractivity contribution in [3.05, 3.63) is 52.4 Å². The molecule has 17 heavy (non-hydrogen) atoms. The van der Waals surface area contributed by atoms with Gasteiger partial charge in [0.1, 0.15) is 5.76 Å². The highest BCUT2D eigenvalue weighted by atomic mass is 79.9. The first-order valence-electron chi connectivity index (χ1n) is 5.03. The largest absolute Gasteiger partial charge is 0.452 e. The van der Waals surface area contributed by atoms with E-state index >= 15 is 0 Å². The van der Waals surface area contributed by atoms with Crippen LogP contribution >= 0.6 is 15.9 Å². The Morgan fingerprint density at radius 2 is 1.94 bits per heavy atom. The molecular weight excluding hydrogens is 284 g/mol. The minimum Gasteiger partial charge on any atom is -0.452 e. The van der Waals surface area contributed by atoms with Gasteiger partial charge in [0.2, 0.25) is 5.91 Å². The maximum absolute atomic E-state index is 10.9. The Bertz CT molecular complexity index is 520. The molecule has 4 nitrogen and oxygen atoms in total. The number of nitrogens with two attached hydrogens (primary N) is 1.